The molecule has 1 N–H and O–H groups in total. The van der Waals surface area contributed by atoms with Crippen LogP contribution in [-0.4, -0.2) is 13.2 Å². The molecule has 1 aromatic rings. The Morgan fingerprint density at radius 3 is 2.50 bits per heavy atom. The van der Waals surface area contributed by atoms with Crippen molar-refractivity contribution in [3.05, 3.63) is 29.3 Å². The van der Waals surface area contributed by atoms with Crippen LogP contribution in [0.3, 0.4) is 0 Å². The molecule has 1 aromatic carbocycles. The zero-order valence-corrected chi connectivity index (χ0v) is 13.8. The standard InChI is InChI=1S/C18H31NO/c1-6-12-19-17(10-8-14(3)4)16-13-15(5)9-11-18(16)20-7-2/h9,11,13-14,17,19H,6-8,10,12H2,1-5H3. The molecule has 114 valence electrons. The molecule has 0 radical (unpaired) electrons. The average molecular weight is 277 g/mol. The Balaban J connectivity index is 2.94. The zero-order valence-electron chi connectivity index (χ0n) is 13.8. The van der Waals surface area contributed by atoms with Crippen molar-refractivity contribution >= 4 is 0 Å². The van der Waals surface area contributed by atoms with Crippen LogP contribution in [0.4, 0.5) is 0 Å². The molecule has 20 heavy (non-hydrogen) atoms. The minimum atomic E-state index is 0.402. The third-order valence-corrected chi connectivity index (χ3v) is 3.51. The van der Waals surface area contributed by atoms with Crippen LogP contribution in [0.2, 0.25) is 0 Å². The molecule has 0 heterocycles. The van der Waals surface area contributed by atoms with Crippen molar-refractivity contribution in [2.24, 2.45) is 5.92 Å². The lowest BCUT2D eigenvalue weighted by atomic mass is 9.95. The van der Waals surface area contributed by atoms with Crippen molar-refractivity contribution in [2.75, 3.05) is 13.2 Å². The first kappa shape index (κ1) is 17.0. The summed E-state index contributed by atoms with van der Waals surface area (Å²) in [5.41, 5.74) is 2.62. The van der Waals surface area contributed by atoms with E-state index < -0.39 is 0 Å². The van der Waals surface area contributed by atoms with E-state index in [-0.39, 0.29) is 0 Å². The minimum absolute atomic E-state index is 0.402. The smallest absolute Gasteiger partial charge is 0.124 e. The Labute approximate surface area is 124 Å². The fourth-order valence-corrected chi connectivity index (χ4v) is 2.41. The van der Waals surface area contributed by atoms with Gasteiger partial charge in [0.2, 0.25) is 0 Å². The number of rotatable bonds is 9. The van der Waals surface area contributed by atoms with Gasteiger partial charge in [0.25, 0.3) is 0 Å². The predicted octanol–water partition coefficient (Wildman–Crippen LogP) is 4.87. The lowest BCUT2D eigenvalue weighted by Gasteiger charge is -2.23. The second-order valence-electron chi connectivity index (χ2n) is 5.95. The molecule has 0 bridgehead atoms. The molecular weight excluding hydrogens is 246 g/mol. The molecule has 0 aliphatic rings. The summed E-state index contributed by atoms with van der Waals surface area (Å²) in [4.78, 5) is 0. The largest absolute Gasteiger partial charge is 0.494 e. The molecule has 0 amide bonds. The normalized spacial score (nSPS) is 12.7. The Morgan fingerprint density at radius 1 is 1.15 bits per heavy atom. The van der Waals surface area contributed by atoms with Crippen molar-refractivity contribution in [1.29, 1.82) is 0 Å². The van der Waals surface area contributed by atoms with Crippen LogP contribution < -0.4 is 10.1 Å². The summed E-state index contributed by atoms with van der Waals surface area (Å²) in [6.45, 7) is 12.8. The Hall–Kier alpha value is -1.02. The number of benzene rings is 1. The van der Waals surface area contributed by atoms with E-state index in [0.29, 0.717) is 6.04 Å². The highest BCUT2D eigenvalue weighted by Gasteiger charge is 2.16. The van der Waals surface area contributed by atoms with Crippen LogP contribution in [0, 0.1) is 12.8 Å². The Kier molecular flexibility index (Phi) is 7.68. The number of nitrogens with one attached hydrogen (secondary N) is 1. The molecule has 1 rings (SSSR count). The molecule has 1 atom stereocenters. The SMILES string of the molecule is CCCNC(CCC(C)C)c1cc(C)ccc1OCC. The van der Waals surface area contributed by atoms with Gasteiger partial charge >= 0.3 is 0 Å². The highest BCUT2D eigenvalue weighted by atomic mass is 16.5. The van der Waals surface area contributed by atoms with Gasteiger partial charge in [0.15, 0.2) is 0 Å². The third-order valence-electron chi connectivity index (χ3n) is 3.51. The van der Waals surface area contributed by atoms with Gasteiger partial charge < -0.3 is 10.1 Å². The molecule has 2 heteroatoms. The molecule has 0 aliphatic carbocycles. The van der Waals surface area contributed by atoms with Crippen LogP contribution >= 0.6 is 0 Å². The first-order valence-corrected chi connectivity index (χ1v) is 8.05. The third kappa shape index (κ3) is 5.54. The minimum Gasteiger partial charge on any atom is -0.494 e. The van der Waals surface area contributed by atoms with Gasteiger partial charge in [-0.15, -0.1) is 0 Å². The van der Waals surface area contributed by atoms with Crippen LogP contribution in [-0.2, 0) is 0 Å². The average Bonchev–Trinajstić information content (AvgIpc) is 2.41. The monoisotopic (exact) mass is 277 g/mol. The Morgan fingerprint density at radius 2 is 1.90 bits per heavy atom. The number of ether oxygens (including phenoxy) is 1. The molecule has 0 fully saturated rings. The van der Waals surface area contributed by atoms with Crippen LogP contribution in [0.1, 0.15) is 64.1 Å². The van der Waals surface area contributed by atoms with Gasteiger partial charge in [0.05, 0.1) is 6.61 Å². The maximum Gasteiger partial charge on any atom is 0.124 e. The second-order valence-corrected chi connectivity index (χ2v) is 5.95. The molecule has 1 unspecified atom stereocenters. The summed E-state index contributed by atoms with van der Waals surface area (Å²) in [7, 11) is 0. The molecule has 0 spiro atoms. The lowest BCUT2D eigenvalue weighted by molar-refractivity contribution is 0.327. The van der Waals surface area contributed by atoms with E-state index in [1.54, 1.807) is 0 Å². The van der Waals surface area contributed by atoms with Gasteiger partial charge in [0.1, 0.15) is 5.75 Å². The lowest BCUT2D eigenvalue weighted by Crippen LogP contribution is -2.23. The van der Waals surface area contributed by atoms with Gasteiger partial charge in [0, 0.05) is 11.6 Å². The van der Waals surface area contributed by atoms with Gasteiger partial charge in [-0.25, -0.2) is 0 Å². The van der Waals surface area contributed by atoms with Crippen molar-refractivity contribution in [1.82, 2.24) is 5.32 Å². The molecular formula is C18H31NO. The fourth-order valence-electron chi connectivity index (χ4n) is 2.41. The number of hydrogen-bond acceptors (Lipinski definition) is 2. The van der Waals surface area contributed by atoms with Crippen molar-refractivity contribution < 1.29 is 4.74 Å². The van der Waals surface area contributed by atoms with Gasteiger partial charge in [-0.1, -0.05) is 38.5 Å². The molecule has 2 nitrogen and oxygen atoms in total. The molecule has 0 saturated heterocycles. The summed E-state index contributed by atoms with van der Waals surface area (Å²) in [6.07, 6.45) is 3.57. The fraction of sp³-hybridized carbons (Fsp3) is 0.667. The molecule has 0 saturated carbocycles. The molecule has 0 aliphatic heterocycles. The van der Waals surface area contributed by atoms with Crippen molar-refractivity contribution in [3.63, 3.8) is 0 Å². The van der Waals surface area contributed by atoms with E-state index >= 15 is 0 Å². The highest BCUT2D eigenvalue weighted by molar-refractivity contribution is 5.39. The quantitative estimate of drug-likeness (QED) is 0.695. The van der Waals surface area contributed by atoms with E-state index in [4.69, 9.17) is 4.74 Å². The first-order chi connectivity index (χ1) is 9.58. The van der Waals surface area contributed by atoms with Crippen molar-refractivity contribution in [3.8, 4) is 5.75 Å². The zero-order chi connectivity index (χ0) is 15.0. The van der Waals surface area contributed by atoms with Gasteiger partial charge in [-0.05, 0) is 51.6 Å². The first-order valence-electron chi connectivity index (χ1n) is 8.05. The van der Waals surface area contributed by atoms with E-state index in [2.05, 4.69) is 51.2 Å². The van der Waals surface area contributed by atoms with Crippen molar-refractivity contribution in [2.45, 2.75) is 59.9 Å². The second kappa shape index (κ2) is 9.02. The van der Waals surface area contributed by atoms with E-state index in [1.807, 2.05) is 6.92 Å². The molecule has 0 aromatic heterocycles. The summed E-state index contributed by atoms with van der Waals surface area (Å²) in [5, 5.41) is 3.69. The topological polar surface area (TPSA) is 21.3 Å². The maximum atomic E-state index is 5.82. The van der Waals surface area contributed by atoms with Crippen LogP contribution in [0.15, 0.2) is 18.2 Å². The summed E-state index contributed by atoms with van der Waals surface area (Å²) in [6, 6.07) is 6.93. The van der Waals surface area contributed by atoms with E-state index in [0.717, 1.165) is 31.2 Å². The number of aryl methyl sites for hydroxylation is 1. The summed E-state index contributed by atoms with van der Waals surface area (Å²) < 4.78 is 5.82. The Bertz CT molecular complexity index is 387. The highest BCUT2D eigenvalue weighted by Crippen LogP contribution is 2.30. The van der Waals surface area contributed by atoms with Crippen LogP contribution in [0.25, 0.3) is 0 Å². The van der Waals surface area contributed by atoms with E-state index in [9.17, 15) is 0 Å². The summed E-state index contributed by atoms with van der Waals surface area (Å²) >= 11 is 0. The number of hydrogen-bond donors (Lipinski definition) is 1. The van der Waals surface area contributed by atoms with Gasteiger partial charge in [-0.3, -0.25) is 0 Å². The maximum absolute atomic E-state index is 5.82. The van der Waals surface area contributed by atoms with Gasteiger partial charge in [-0.2, -0.15) is 0 Å². The van der Waals surface area contributed by atoms with E-state index in [1.165, 1.54) is 24.0 Å². The summed E-state index contributed by atoms with van der Waals surface area (Å²) in [5.74, 6) is 1.77. The van der Waals surface area contributed by atoms with Crippen LogP contribution in [0.5, 0.6) is 5.75 Å². The predicted molar refractivity (Wildman–Crippen MR) is 87.5 cm³/mol.